The van der Waals surface area contributed by atoms with Gasteiger partial charge < -0.3 is 18.8 Å². The van der Waals surface area contributed by atoms with E-state index in [9.17, 15) is 14.9 Å². The van der Waals surface area contributed by atoms with Crippen molar-refractivity contribution in [2.24, 2.45) is 0 Å². The van der Waals surface area contributed by atoms with Crippen LogP contribution in [0.25, 0.3) is 0 Å². The van der Waals surface area contributed by atoms with Gasteiger partial charge in [-0.3, -0.25) is 14.9 Å². The minimum atomic E-state index is -0.569. The smallest absolute Gasteiger partial charge is 0.314 e. The summed E-state index contributed by atoms with van der Waals surface area (Å²) in [7, 11) is 3.05. The third kappa shape index (κ3) is 4.46. The Labute approximate surface area is 157 Å². The SMILES string of the molecule is COC[C@H](C)n1c(C)cc(C(=O)COc2ccc(OC)cc2[N+](=O)[O-])c1C. The van der Waals surface area contributed by atoms with Crippen LogP contribution in [0.15, 0.2) is 24.3 Å². The molecule has 0 bridgehead atoms. The Kier molecular flexibility index (Phi) is 6.57. The van der Waals surface area contributed by atoms with Gasteiger partial charge >= 0.3 is 5.69 Å². The number of ketones is 1. The van der Waals surface area contributed by atoms with E-state index in [1.165, 1.54) is 19.2 Å². The highest BCUT2D eigenvalue weighted by Gasteiger charge is 2.21. The Morgan fingerprint density at radius 3 is 2.56 bits per heavy atom. The van der Waals surface area contributed by atoms with Crippen LogP contribution in [0.5, 0.6) is 11.5 Å². The number of nitrogens with zero attached hydrogens (tertiary/aromatic N) is 2. The molecule has 8 nitrogen and oxygen atoms in total. The van der Waals surface area contributed by atoms with Crippen molar-refractivity contribution in [3.8, 4) is 11.5 Å². The third-order valence-corrected chi connectivity index (χ3v) is 4.35. The fraction of sp³-hybridized carbons (Fsp3) is 0.421. The summed E-state index contributed by atoms with van der Waals surface area (Å²) in [5.41, 5.74) is 2.04. The maximum atomic E-state index is 12.6. The van der Waals surface area contributed by atoms with E-state index in [2.05, 4.69) is 0 Å². The number of nitro benzene ring substituents is 1. The van der Waals surface area contributed by atoms with Crippen LogP contribution >= 0.6 is 0 Å². The molecule has 1 heterocycles. The lowest BCUT2D eigenvalue weighted by molar-refractivity contribution is -0.385. The number of Topliss-reactive ketones (excluding diaryl/α,β-unsaturated/α-hetero) is 1. The molecule has 1 aromatic heterocycles. The average molecular weight is 376 g/mol. The van der Waals surface area contributed by atoms with Gasteiger partial charge in [0.15, 0.2) is 12.4 Å². The molecule has 0 radical (unpaired) electrons. The van der Waals surface area contributed by atoms with Crippen LogP contribution in [-0.4, -0.2) is 42.7 Å². The number of carbonyl (C=O) groups excluding carboxylic acids is 1. The molecule has 1 aromatic carbocycles. The first-order valence-electron chi connectivity index (χ1n) is 8.45. The van der Waals surface area contributed by atoms with Gasteiger partial charge in [-0.15, -0.1) is 0 Å². The lowest BCUT2D eigenvalue weighted by atomic mass is 10.1. The highest BCUT2D eigenvalue weighted by molar-refractivity contribution is 5.98. The first-order chi connectivity index (χ1) is 12.8. The lowest BCUT2D eigenvalue weighted by Gasteiger charge is -2.17. The zero-order chi connectivity index (χ0) is 20.1. The molecular weight excluding hydrogens is 352 g/mol. The van der Waals surface area contributed by atoms with E-state index in [1.54, 1.807) is 19.2 Å². The fourth-order valence-electron chi connectivity index (χ4n) is 3.16. The van der Waals surface area contributed by atoms with E-state index >= 15 is 0 Å². The summed E-state index contributed by atoms with van der Waals surface area (Å²) in [6.45, 7) is 6.02. The normalized spacial score (nSPS) is 11.9. The molecular formula is C19H24N2O6. The van der Waals surface area contributed by atoms with Crippen LogP contribution in [0.1, 0.15) is 34.7 Å². The molecule has 0 fully saturated rings. The van der Waals surface area contributed by atoms with Gasteiger partial charge in [0, 0.05) is 24.1 Å². The second-order valence-electron chi connectivity index (χ2n) is 6.26. The highest BCUT2D eigenvalue weighted by atomic mass is 16.6. The number of ether oxygens (including phenoxy) is 3. The number of nitro groups is 1. The van der Waals surface area contributed by atoms with E-state index in [0.717, 1.165) is 11.4 Å². The van der Waals surface area contributed by atoms with Gasteiger partial charge in [-0.2, -0.15) is 0 Å². The van der Waals surface area contributed by atoms with Gasteiger partial charge in [-0.25, -0.2) is 0 Å². The molecule has 0 unspecified atom stereocenters. The molecule has 0 saturated heterocycles. The topological polar surface area (TPSA) is 92.8 Å². The van der Waals surface area contributed by atoms with Crippen LogP contribution in [0.3, 0.4) is 0 Å². The summed E-state index contributed by atoms with van der Waals surface area (Å²) < 4.78 is 17.7. The predicted octanol–water partition coefficient (Wildman–Crippen LogP) is 3.49. The molecule has 27 heavy (non-hydrogen) atoms. The Morgan fingerprint density at radius 2 is 1.96 bits per heavy atom. The maximum absolute atomic E-state index is 12.6. The van der Waals surface area contributed by atoms with Crippen LogP contribution < -0.4 is 9.47 Å². The van der Waals surface area contributed by atoms with E-state index in [-0.39, 0.29) is 29.9 Å². The van der Waals surface area contributed by atoms with Crippen molar-refractivity contribution in [2.45, 2.75) is 26.8 Å². The van der Waals surface area contributed by atoms with Crippen molar-refractivity contribution in [3.63, 3.8) is 0 Å². The predicted molar refractivity (Wildman–Crippen MR) is 100.0 cm³/mol. The summed E-state index contributed by atoms with van der Waals surface area (Å²) in [6, 6.07) is 6.12. The summed E-state index contributed by atoms with van der Waals surface area (Å²) in [4.78, 5) is 23.3. The number of aromatic nitrogens is 1. The van der Waals surface area contributed by atoms with E-state index < -0.39 is 4.92 Å². The molecule has 8 heteroatoms. The van der Waals surface area contributed by atoms with Crippen molar-refractivity contribution < 1.29 is 23.9 Å². The van der Waals surface area contributed by atoms with Gasteiger partial charge in [0.2, 0.25) is 5.78 Å². The Hall–Kier alpha value is -2.87. The van der Waals surface area contributed by atoms with E-state index in [4.69, 9.17) is 14.2 Å². The molecule has 2 rings (SSSR count). The molecule has 0 aliphatic heterocycles. The summed E-state index contributed by atoms with van der Waals surface area (Å²) >= 11 is 0. The molecule has 0 aliphatic carbocycles. The van der Waals surface area contributed by atoms with Crippen molar-refractivity contribution in [1.82, 2.24) is 4.57 Å². The largest absolute Gasteiger partial charge is 0.496 e. The van der Waals surface area contributed by atoms with Crippen molar-refractivity contribution in [3.05, 3.63) is 51.3 Å². The number of benzene rings is 1. The van der Waals surface area contributed by atoms with Crippen LogP contribution in [0.2, 0.25) is 0 Å². The molecule has 146 valence electrons. The second-order valence-corrected chi connectivity index (χ2v) is 6.26. The first-order valence-corrected chi connectivity index (χ1v) is 8.45. The first kappa shape index (κ1) is 20.4. The fourth-order valence-corrected chi connectivity index (χ4v) is 3.16. The minimum Gasteiger partial charge on any atom is -0.496 e. The monoisotopic (exact) mass is 376 g/mol. The molecule has 0 saturated carbocycles. The summed E-state index contributed by atoms with van der Waals surface area (Å²) in [5, 5.41) is 11.2. The number of carbonyl (C=O) groups is 1. The van der Waals surface area contributed by atoms with Crippen molar-refractivity contribution in [2.75, 3.05) is 27.4 Å². The highest BCUT2D eigenvalue weighted by Crippen LogP contribution is 2.31. The van der Waals surface area contributed by atoms with Gasteiger partial charge in [0.1, 0.15) is 5.75 Å². The third-order valence-electron chi connectivity index (χ3n) is 4.35. The molecule has 0 N–H and O–H groups in total. The van der Waals surface area contributed by atoms with Crippen molar-refractivity contribution in [1.29, 1.82) is 0 Å². The standard InChI is InChI=1S/C19H24N2O6/c1-12-8-16(14(3)20(12)13(2)10-25-4)18(22)11-27-19-7-6-15(26-5)9-17(19)21(23)24/h6-9,13H,10-11H2,1-5H3/t13-/m0/s1. The molecule has 1 atom stereocenters. The van der Waals surface area contributed by atoms with Gasteiger partial charge in [0.05, 0.1) is 30.7 Å². The molecule has 0 spiro atoms. The van der Waals surface area contributed by atoms with Crippen LogP contribution in [-0.2, 0) is 4.74 Å². The quantitative estimate of drug-likeness (QED) is 0.378. The van der Waals surface area contributed by atoms with Crippen molar-refractivity contribution >= 4 is 11.5 Å². The maximum Gasteiger partial charge on any atom is 0.314 e. The zero-order valence-electron chi connectivity index (χ0n) is 16.1. The number of hydrogen-bond donors (Lipinski definition) is 0. The molecule has 0 aliphatic rings. The van der Waals surface area contributed by atoms with Gasteiger partial charge in [-0.05, 0) is 39.0 Å². The molecule has 0 amide bonds. The second kappa shape index (κ2) is 8.68. The Bertz CT molecular complexity index is 843. The summed E-state index contributed by atoms with van der Waals surface area (Å²) in [6.07, 6.45) is 0. The van der Waals surface area contributed by atoms with Crippen LogP contribution in [0.4, 0.5) is 5.69 Å². The van der Waals surface area contributed by atoms with E-state index in [0.29, 0.717) is 17.9 Å². The number of hydrogen-bond acceptors (Lipinski definition) is 6. The molecule has 2 aromatic rings. The average Bonchev–Trinajstić information content (AvgIpc) is 2.94. The number of rotatable bonds is 9. The number of methoxy groups -OCH3 is 2. The number of aryl methyl sites for hydroxylation is 1. The minimum absolute atomic E-state index is 0.0238. The van der Waals surface area contributed by atoms with Gasteiger partial charge in [0.25, 0.3) is 0 Å². The zero-order valence-corrected chi connectivity index (χ0v) is 16.1. The van der Waals surface area contributed by atoms with E-state index in [1.807, 2.05) is 25.3 Å². The van der Waals surface area contributed by atoms with Crippen LogP contribution in [0, 0.1) is 24.0 Å². The summed E-state index contributed by atoms with van der Waals surface area (Å²) in [5.74, 6) is 0.121. The lowest BCUT2D eigenvalue weighted by Crippen LogP contribution is -2.16. The van der Waals surface area contributed by atoms with Gasteiger partial charge in [-0.1, -0.05) is 0 Å². The Balaban J connectivity index is 2.20. The Morgan fingerprint density at radius 1 is 1.26 bits per heavy atom.